The van der Waals surface area contributed by atoms with Gasteiger partial charge in [-0.05, 0) is 89.6 Å². The number of aliphatic hydroxyl groups is 1. The summed E-state index contributed by atoms with van der Waals surface area (Å²) < 4.78 is 11.6. The Morgan fingerprint density at radius 3 is 2.56 bits per heavy atom. The number of rotatable bonds is 10. The van der Waals surface area contributed by atoms with Crippen molar-refractivity contribution in [2.45, 2.75) is 92.3 Å². The van der Waals surface area contributed by atoms with Gasteiger partial charge >= 0.3 is 5.97 Å². The van der Waals surface area contributed by atoms with E-state index in [1.165, 1.54) is 6.92 Å². The first-order chi connectivity index (χ1) is 19.2. The Hall–Kier alpha value is -2.05. The van der Waals surface area contributed by atoms with Crippen molar-refractivity contribution in [3.05, 3.63) is 37.0 Å². The van der Waals surface area contributed by atoms with Gasteiger partial charge in [-0.2, -0.15) is 0 Å². The van der Waals surface area contributed by atoms with E-state index in [1.54, 1.807) is 6.08 Å². The van der Waals surface area contributed by atoms with E-state index in [-0.39, 0.29) is 63.1 Å². The summed E-state index contributed by atoms with van der Waals surface area (Å²) in [5.74, 6) is -0.296. The summed E-state index contributed by atoms with van der Waals surface area (Å²) in [4.78, 5) is 38.5. The van der Waals surface area contributed by atoms with Crippen LogP contribution in [0.2, 0.25) is 0 Å². The van der Waals surface area contributed by atoms with Gasteiger partial charge in [0.25, 0.3) is 0 Å². The lowest BCUT2D eigenvalue weighted by Gasteiger charge is -2.61. The second-order valence-corrected chi connectivity index (χ2v) is 14.8. The van der Waals surface area contributed by atoms with E-state index in [1.807, 2.05) is 19.9 Å². The first-order valence-corrected chi connectivity index (χ1v) is 15.7. The van der Waals surface area contributed by atoms with Crippen LogP contribution in [0.15, 0.2) is 37.0 Å². The number of hydrogen-bond donors (Lipinski definition) is 1. The van der Waals surface area contributed by atoms with Gasteiger partial charge in [-0.15, -0.1) is 6.58 Å². The number of fused-ring (bicyclic) bond motifs is 2. The Kier molecular flexibility index (Phi) is 7.63. The Morgan fingerprint density at radius 1 is 1.20 bits per heavy atom. The molecule has 6 heteroatoms. The fraction of sp³-hybridized carbons (Fsp3) is 0.743. The van der Waals surface area contributed by atoms with Gasteiger partial charge in [-0.3, -0.25) is 14.4 Å². The molecule has 0 radical (unpaired) electrons. The molecule has 1 N–H and O–H groups in total. The van der Waals surface area contributed by atoms with Crippen molar-refractivity contribution in [3.63, 3.8) is 0 Å². The number of ether oxygens (including phenoxy) is 2. The first-order valence-electron chi connectivity index (χ1n) is 15.7. The van der Waals surface area contributed by atoms with E-state index in [0.29, 0.717) is 30.6 Å². The maximum absolute atomic E-state index is 13.5. The predicted molar refractivity (Wildman–Crippen MR) is 158 cm³/mol. The van der Waals surface area contributed by atoms with Crippen molar-refractivity contribution in [1.82, 2.24) is 0 Å². The molecule has 0 aromatic heterocycles. The Labute approximate surface area is 246 Å². The average molecular weight is 567 g/mol. The second-order valence-electron chi connectivity index (χ2n) is 14.8. The molecule has 0 bridgehead atoms. The molecule has 2 spiro atoms. The third kappa shape index (κ3) is 4.21. The van der Waals surface area contributed by atoms with Crippen LogP contribution in [0.25, 0.3) is 0 Å². The summed E-state index contributed by atoms with van der Waals surface area (Å²) in [6.45, 7) is 20.5. The third-order valence-electron chi connectivity index (χ3n) is 13.2. The van der Waals surface area contributed by atoms with Gasteiger partial charge in [0.2, 0.25) is 0 Å². The molecule has 0 aromatic carbocycles. The van der Waals surface area contributed by atoms with Crippen LogP contribution < -0.4 is 0 Å². The highest BCUT2D eigenvalue weighted by atomic mass is 16.5. The van der Waals surface area contributed by atoms with Crippen LogP contribution >= 0.6 is 0 Å². The lowest BCUT2D eigenvalue weighted by molar-refractivity contribution is -0.154. The Morgan fingerprint density at radius 2 is 1.90 bits per heavy atom. The number of esters is 1. The van der Waals surface area contributed by atoms with Crippen molar-refractivity contribution in [2.75, 3.05) is 13.2 Å². The summed E-state index contributed by atoms with van der Waals surface area (Å²) in [6.07, 6.45) is 10.2. The highest BCUT2D eigenvalue weighted by molar-refractivity contribution is 5.98. The molecule has 4 saturated carbocycles. The van der Waals surface area contributed by atoms with Gasteiger partial charge in [-0.1, -0.05) is 53.3 Å². The Bertz CT molecular complexity index is 1170. The number of Topliss-reactive ketones (excluding diaryl/α,β-unsaturated/α-hetero) is 1. The summed E-state index contributed by atoms with van der Waals surface area (Å²) in [7, 11) is 0. The fourth-order valence-electron chi connectivity index (χ4n) is 10.9. The van der Waals surface area contributed by atoms with Crippen LogP contribution in [-0.2, 0) is 23.9 Å². The number of aliphatic hydroxyl groups excluding tert-OH is 1. The molecule has 0 heterocycles. The smallest absolute Gasteiger partial charge is 0.302 e. The molecule has 5 aliphatic rings. The van der Waals surface area contributed by atoms with E-state index >= 15 is 0 Å². The summed E-state index contributed by atoms with van der Waals surface area (Å²) in [5.41, 5.74) is 0.295. The van der Waals surface area contributed by atoms with E-state index in [0.717, 1.165) is 38.5 Å². The van der Waals surface area contributed by atoms with Crippen LogP contribution in [-0.4, -0.2) is 48.1 Å². The van der Waals surface area contributed by atoms with Crippen LogP contribution in [0, 0.1) is 57.2 Å². The minimum Gasteiger partial charge on any atom is -0.462 e. The monoisotopic (exact) mass is 566 g/mol. The highest BCUT2D eigenvalue weighted by Crippen LogP contribution is 2.87. The SMILES string of the molecule is C=CCOC[C@H](C)C(=C)C(=O)[C@H](O)[C@@H](C)[C@H]1[C@@H](OC(C)=O)C[C@@]2(C)[C@@H]3CC[C@H]4[C@H](C)C(=O)C=C[C@@]45C[C@@]35CC[C@]12C. The summed E-state index contributed by atoms with van der Waals surface area (Å²) in [6, 6.07) is 0. The second kappa shape index (κ2) is 10.3. The zero-order valence-corrected chi connectivity index (χ0v) is 25.9. The lowest BCUT2D eigenvalue weighted by atomic mass is 9.43. The van der Waals surface area contributed by atoms with Crippen LogP contribution in [0.4, 0.5) is 0 Å². The maximum Gasteiger partial charge on any atom is 0.302 e. The van der Waals surface area contributed by atoms with Crippen molar-refractivity contribution in [2.24, 2.45) is 57.2 Å². The Balaban J connectivity index is 1.44. The zero-order valence-electron chi connectivity index (χ0n) is 25.9. The minimum absolute atomic E-state index is 0.0744. The van der Waals surface area contributed by atoms with Crippen LogP contribution in [0.5, 0.6) is 0 Å². The summed E-state index contributed by atoms with van der Waals surface area (Å²) >= 11 is 0. The van der Waals surface area contributed by atoms with Crippen molar-refractivity contribution < 1.29 is 29.0 Å². The van der Waals surface area contributed by atoms with E-state index in [9.17, 15) is 19.5 Å². The number of hydrogen-bond acceptors (Lipinski definition) is 6. The molecule has 12 atom stereocenters. The number of allylic oxidation sites excluding steroid dienone is 2. The maximum atomic E-state index is 13.5. The molecule has 41 heavy (non-hydrogen) atoms. The molecule has 0 aliphatic heterocycles. The van der Waals surface area contributed by atoms with Crippen molar-refractivity contribution >= 4 is 17.5 Å². The zero-order chi connectivity index (χ0) is 30.1. The van der Waals surface area contributed by atoms with E-state index in [2.05, 4.69) is 40.0 Å². The quantitative estimate of drug-likeness (QED) is 0.154. The van der Waals surface area contributed by atoms with Gasteiger partial charge in [-0.25, -0.2) is 0 Å². The van der Waals surface area contributed by atoms with Gasteiger partial charge in [0.15, 0.2) is 11.6 Å². The molecule has 5 rings (SSSR count). The third-order valence-corrected chi connectivity index (χ3v) is 13.2. The molecule has 4 fully saturated rings. The van der Waals surface area contributed by atoms with Crippen molar-refractivity contribution in [3.8, 4) is 0 Å². The first kappa shape index (κ1) is 30.4. The molecule has 0 aromatic rings. The number of carbonyl (C=O) groups is 3. The average Bonchev–Trinajstić information content (AvgIpc) is 3.53. The normalized spacial score (nSPS) is 44.4. The molecular weight excluding hydrogens is 516 g/mol. The van der Waals surface area contributed by atoms with Gasteiger partial charge in [0.1, 0.15) is 12.2 Å². The highest BCUT2D eigenvalue weighted by Gasteiger charge is 2.81. The summed E-state index contributed by atoms with van der Waals surface area (Å²) in [5, 5.41) is 11.5. The molecule has 6 nitrogen and oxygen atoms in total. The largest absolute Gasteiger partial charge is 0.462 e. The molecule has 0 amide bonds. The van der Waals surface area contributed by atoms with Crippen LogP contribution in [0.1, 0.15) is 80.1 Å². The van der Waals surface area contributed by atoms with Gasteiger partial charge in [0, 0.05) is 24.7 Å². The van der Waals surface area contributed by atoms with Crippen molar-refractivity contribution in [1.29, 1.82) is 0 Å². The molecule has 0 saturated heterocycles. The van der Waals surface area contributed by atoms with Gasteiger partial charge in [0.05, 0.1) is 13.2 Å². The molecular formula is C35H50O6. The number of ketones is 2. The lowest BCUT2D eigenvalue weighted by Crippen LogP contribution is -2.56. The minimum atomic E-state index is -1.24. The molecule has 226 valence electrons. The molecule has 5 aliphatic carbocycles. The van der Waals surface area contributed by atoms with Crippen LogP contribution in [0.3, 0.4) is 0 Å². The van der Waals surface area contributed by atoms with Gasteiger partial charge < -0.3 is 14.6 Å². The van der Waals surface area contributed by atoms with E-state index in [4.69, 9.17) is 9.47 Å². The molecule has 0 unspecified atom stereocenters. The van der Waals surface area contributed by atoms with E-state index < -0.39 is 12.0 Å². The standard InChI is InChI=1S/C35H50O6/c1-9-16-40-18-20(2)21(3)30(38)31(39)23(5)29-27(41-24(6)36)17-33(8)28-11-10-25-22(4)26(37)12-13-34(25)19-35(28,34)15-14-32(29,33)7/h9,12-13,20,22-23,25,27-29,31,39H,1,3,10-11,14-19H2,2,4-8H3/t20-,22-,23-,25-,27-,28-,29-,31+,32+,33-,34+,35-/m0/s1. The topological polar surface area (TPSA) is 89.9 Å². The fourth-order valence-corrected chi connectivity index (χ4v) is 10.9. The number of carbonyl (C=O) groups excluding carboxylic acids is 3. The predicted octanol–water partition coefficient (Wildman–Crippen LogP) is 5.88.